The summed E-state index contributed by atoms with van der Waals surface area (Å²) >= 11 is 5.15. The van der Waals surface area contributed by atoms with E-state index in [4.69, 9.17) is 22.2 Å². The van der Waals surface area contributed by atoms with E-state index in [2.05, 4.69) is 10.7 Å². The summed E-state index contributed by atoms with van der Waals surface area (Å²) < 4.78 is 6.85. The monoisotopic (exact) mass is 398 g/mol. The number of aryl methyl sites for hydroxylation is 2. The SMILES string of the molecule is CCC(C)Oc1cccc(C(=O)NC(=S)Nn2c(C)cc(C)c(C#N)c2=O)c1. The number of thiocarbonyl (C=S) groups is 1. The zero-order chi connectivity index (χ0) is 20.8. The number of carbonyl (C=O) groups excluding carboxylic acids is 1. The van der Waals surface area contributed by atoms with Gasteiger partial charge in [-0.25, -0.2) is 4.68 Å². The quantitative estimate of drug-likeness (QED) is 0.752. The second kappa shape index (κ2) is 9.15. The second-order valence-corrected chi connectivity index (χ2v) is 6.76. The first-order chi connectivity index (χ1) is 13.3. The predicted molar refractivity (Wildman–Crippen MR) is 111 cm³/mol. The molecule has 1 aromatic carbocycles. The van der Waals surface area contributed by atoms with Crippen LogP contribution in [0.5, 0.6) is 5.75 Å². The van der Waals surface area contributed by atoms with E-state index in [1.807, 2.05) is 19.9 Å². The van der Waals surface area contributed by atoms with E-state index < -0.39 is 11.5 Å². The smallest absolute Gasteiger partial charge is 0.287 e. The van der Waals surface area contributed by atoms with E-state index in [1.54, 1.807) is 44.2 Å². The standard InChI is InChI=1S/C20H22N4O3S/c1-5-14(4)27-16-8-6-7-15(10-16)18(25)22-20(28)23-24-13(3)9-12(2)17(11-21)19(24)26/h6-10,14H,5H2,1-4H3,(H2,22,23,25,28). The number of pyridine rings is 1. The van der Waals surface area contributed by atoms with Gasteiger partial charge in [0.1, 0.15) is 17.4 Å². The Kier molecular flexibility index (Phi) is 6.90. The van der Waals surface area contributed by atoms with E-state index in [1.165, 1.54) is 0 Å². The number of benzene rings is 1. The number of carbonyl (C=O) groups is 1. The third-order valence-corrected chi connectivity index (χ3v) is 4.34. The van der Waals surface area contributed by atoms with E-state index in [9.17, 15) is 9.59 Å². The van der Waals surface area contributed by atoms with Gasteiger partial charge in [-0.15, -0.1) is 0 Å². The Hall–Kier alpha value is -3.18. The topological polar surface area (TPSA) is 96.2 Å². The molecule has 8 heteroatoms. The van der Waals surface area contributed by atoms with Crippen molar-refractivity contribution in [3.8, 4) is 11.8 Å². The molecule has 1 amide bonds. The zero-order valence-electron chi connectivity index (χ0n) is 16.2. The summed E-state index contributed by atoms with van der Waals surface area (Å²) in [6, 6.07) is 10.3. The molecule has 0 aliphatic heterocycles. The maximum Gasteiger partial charge on any atom is 0.287 e. The number of nitrogens with one attached hydrogen (secondary N) is 2. The van der Waals surface area contributed by atoms with Crippen molar-refractivity contribution in [2.45, 2.75) is 40.2 Å². The van der Waals surface area contributed by atoms with Gasteiger partial charge in [-0.1, -0.05) is 13.0 Å². The highest BCUT2D eigenvalue weighted by molar-refractivity contribution is 7.80. The summed E-state index contributed by atoms with van der Waals surface area (Å²) in [5.41, 5.74) is 3.66. The maximum atomic E-state index is 12.5. The van der Waals surface area contributed by atoms with Crippen LogP contribution in [0.3, 0.4) is 0 Å². The van der Waals surface area contributed by atoms with E-state index in [-0.39, 0.29) is 16.8 Å². The minimum atomic E-state index is -0.527. The maximum absolute atomic E-state index is 12.5. The molecule has 2 rings (SSSR count). The predicted octanol–water partition coefficient (Wildman–Crippen LogP) is 2.77. The van der Waals surface area contributed by atoms with Crippen molar-refractivity contribution in [3.05, 3.63) is 63.1 Å². The molecule has 1 atom stereocenters. The number of ether oxygens (including phenoxy) is 1. The lowest BCUT2D eigenvalue weighted by Gasteiger charge is -2.16. The van der Waals surface area contributed by atoms with Crippen molar-refractivity contribution in [1.82, 2.24) is 9.99 Å². The third-order valence-electron chi connectivity index (χ3n) is 4.15. The number of amides is 1. The summed E-state index contributed by atoms with van der Waals surface area (Å²) in [7, 11) is 0. The zero-order valence-corrected chi connectivity index (χ0v) is 17.0. The third kappa shape index (κ3) is 4.96. The number of aromatic nitrogens is 1. The molecule has 1 aromatic heterocycles. The molecule has 0 saturated heterocycles. The fourth-order valence-corrected chi connectivity index (χ4v) is 2.68. The number of hydrogen-bond donors (Lipinski definition) is 2. The molecule has 1 unspecified atom stereocenters. The normalized spacial score (nSPS) is 11.2. The van der Waals surface area contributed by atoms with Gasteiger partial charge < -0.3 is 4.74 Å². The lowest BCUT2D eigenvalue weighted by atomic mass is 10.1. The molecule has 2 aromatic rings. The fraction of sp³-hybridized carbons (Fsp3) is 0.300. The van der Waals surface area contributed by atoms with Crippen LogP contribution in [0.1, 0.15) is 47.4 Å². The van der Waals surface area contributed by atoms with Gasteiger partial charge in [0.25, 0.3) is 11.5 Å². The van der Waals surface area contributed by atoms with E-state index >= 15 is 0 Å². The molecule has 2 N–H and O–H groups in total. The Balaban J connectivity index is 2.14. The van der Waals surface area contributed by atoms with Gasteiger partial charge in [0.05, 0.1) is 6.10 Å². The van der Waals surface area contributed by atoms with Crippen LogP contribution in [0.25, 0.3) is 0 Å². The average molecular weight is 398 g/mol. The molecule has 0 aliphatic carbocycles. The molecule has 0 radical (unpaired) electrons. The molecule has 7 nitrogen and oxygen atoms in total. The Bertz CT molecular complexity index is 1010. The Morgan fingerprint density at radius 2 is 2.07 bits per heavy atom. The Morgan fingerprint density at radius 3 is 2.71 bits per heavy atom. The van der Waals surface area contributed by atoms with Crippen LogP contribution in [-0.2, 0) is 0 Å². The van der Waals surface area contributed by atoms with Gasteiger partial charge in [0.2, 0.25) is 0 Å². The van der Waals surface area contributed by atoms with Gasteiger partial charge in [-0.2, -0.15) is 5.26 Å². The average Bonchev–Trinajstić information content (AvgIpc) is 2.65. The van der Waals surface area contributed by atoms with Crippen molar-refractivity contribution < 1.29 is 9.53 Å². The van der Waals surface area contributed by atoms with Crippen LogP contribution in [0.15, 0.2) is 35.1 Å². The molecule has 28 heavy (non-hydrogen) atoms. The summed E-state index contributed by atoms with van der Waals surface area (Å²) in [6.45, 7) is 7.34. The van der Waals surface area contributed by atoms with E-state index in [0.717, 1.165) is 11.1 Å². The van der Waals surface area contributed by atoms with Crippen LogP contribution >= 0.6 is 12.2 Å². The first-order valence-corrected chi connectivity index (χ1v) is 9.20. The van der Waals surface area contributed by atoms with Crippen molar-refractivity contribution >= 4 is 23.2 Å². The molecule has 0 fully saturated rings. The lowest BCUT2D eigenvalue weighted by molar-refractivity contribution is 0.0976. The number of hydrogen-bond acceptors (Lipinski definition) is 5. The first kappa shape index (κ1) is 21.1. The van der Waals surface area contributed by atoms with Gasteiger partial charge in [0, 0.05) is 11.3 Å². The second-order valence-electron chi connectivity index (χ2n) is 6.36. The molecule has 146 valence electrons. The summed E-state index contributed by atoms with van der Waals surface area (Å²) in [5.74, 6) is 0.149. The van der Waals surface area contributed by atoms with Gasteiger partial charge >= 0.3 is 0 Å². The number of nitrogens with zero attached hydrogens (tertiary/aromatic N) is 2. The molecule has 0 spiro atoms. The minimum Gasteiger partial charge on any atom is -0.491 e. The van der Waals surface area contributed by atoms with Gasteiger partial charge in [-0.05, 0) is 69.2 Å². The van der Waals surface area contributed by atoms with E-state index in [0.29, 0.717) is 22.6 Å². The highest BCUT2D eigenvalue weighted by Gasteiger charge is 2.13. The molecule has 1 heterocycles. The largest absolute Gasteiger partial charge is 0.491 e. The van der Waals surface area contributed by atoms with Gasteiger partial charge in [-0.3, -0.25) is 20.3 Å². The summed E-state index contributed by atoms with van der Waals surface area (Å²) in [5, 5.41) is 11.6. The fourth-order valence-electron chi connectivity index (χ4n) is 2.50. The molecule has 0 bridgehead atoms. The highest BCUT2D eigenvalue weighted by atomic mass is 32.1. The van der Waals surface area contributed by atoms with Crippen LogP contribution < -0.4 is 21.0 Å². The molecule has 0 aliphatic rings. The molecular weight excluding hydrogens is 376 g/mol. The molecule has 0 saturated carbocycles. The summed E-state index contributed by atoms with van der Waals surface area (Å²) in [4.78, 5) is 24.9. The first-order valence-electron chi connectivity index (χ1n) is 8.79. The van der Waals surface area contributed by atoms with Crippen LogP contribution in [0.4, 0.5) is 0 Å². The number of nitriles is 1. The highest BCUT2D eigenvalue weighted by Crippen LogP contribution is 2.16. The number of rotatable bonds is 5. The van der Waals surface area contributed by atoms with Crippen LogP contribution in [0, 0.1) is 25.2 Å². The van der Waals surface area contributed by atoms with Crippen molar-refractivity contribution in [2.24, 2.45) is 0 Å². The minimum absolute atomic E-state index is 0.0159. The van der Waals surface area contributed by atoms with Gasteiger partial charge in [0.15, 0.2) is 5.11 Å². The van der Waals surface area contributed by atoms with Crippen molar-refractivity contribution in [3.63, 3.8) is 0 Å². The van der Waals surface area contributed by atoms with Crippen LogP contribution in [0.2, 0.25) is 0 Å². The Labute approximate surface area is 168 Å². The molecular formula is C20H22N4O3S. The van der Waals surface area contributed by atoms with Crippen LogP contribution in [-0.4, -0.2) is 21.8 Å². The Morgan fingerprint density at radius 1 is 1.36 bits per heavy atom. The van der Waals surface area contributed by atoms with Crippen molar-refractivity contribution in [2.75, 3.05) is 5.43 Å². The van der Waals surface area contributed by atoms with Crippen molar-refractivity contribution in [1.29, 1.82) is 5.26 Å². The lowest BCUT2D eigenvalue weighted by Crippen LogP contribution is -2.43. The summed E-state index contributed by atoms with van der Waals surface area (Å²) in [6.07, 6.45) is 0.881.